The third-order valence-electron chi connectivity index (χ3n) is 2.11. The average molecular weight is 264 g/mol. The van der Waals surface area contributed by atoms with Crippen molar-refractivity contribution in [2.75, 3.05) is 0 Å². The van der Waals surface area contributed by atoms with Crippen LogP contribution in [0.4, 0.5) is 4.79 Å². The molecule has 104 valence electrons. The Morgan fingerprint density at radius 2 is 1.94 bits per heavy atom. The first-order valence-electron chi connectivity index (χ1n) is 5.03. The maximum atomic E-state index is 10.4. The Balaban J connectivity index is 0.000000331. The summed E-state index contributed by atoms with van der Waals surface area (Å²) in [5, 5.41) is 27.1. The first-order valence-corrected chi connectivity index (χ1v) is 5.03. The van der Waals surface area contributed by atoms with E-state index in [1.165, 1.54) is 13.8 Å². The second kappa shape index (κ2) is 6.77. The van der Waals surface area contributed by atoms with Gasteiger partial charge in [0, 0.05) is 0 Å². The molecule has 0 aromatic carbocycles. The summed E-state index contributed by atoms with van der Waals surface area (Å²) < 4.78 is 4.50. The lowest BCUT2D eigenvalue weighted by molar-refractivity contribution is -0.141. The largest absolute Gasteiger partial charge is 0.480 e. The molecule has 18 heavy (non-hydrogen) atoms. The standard InChI is InChI=1S/C5H7NO4.C4H9NO3/c1-2-3(4(7)8)6-5(9)10-2;1-2(6)3(5)4(7)8/h2-3H,1H3,(H,6,9)(H,7,8);2-3,6H,5H2,1H3,(H,7,8)/t2*2-,3-/m00/s1. The highest BCUT2D eigenvalue weighted by Crippen LogP contribution is 2.06. The minimum Gasteiger partial charge on any atom is -0.480 e. The topological polar surface area (TPSA) is 159 Å². The van der Waals surface area contributed by atoms with Crippen LogP contribution in [-0.4, -0.2) is 57.6 Å². The van der Waals surface area contributed by atoms with Crippen molar-refractivity contribution in [2.24, 2.45) is 5.73 Å². The molecule has 9 nitrogen and oxygen atoms in total. The van der Waals surface area contributed by atoms with Crippen LogP contribution in [0.3, 0.4) is 0 Å². The van der Waals surface area contributed by atoms with E-state index in [1.54, 1.807) is 0 Å². The van der Waals surface area contributed by atoms with Crippen LogP contribution in [-0.2, 0) is 14.3 Å². The van der Waals surface area contributed by atoms with Crippen LogP contribution in [0.25, 0.3) is 0 Å². The molecule has 1 amide bonds. The number of aliphatic hydroxyl groups excluding tert-OH is 1. The fourth-order valence-corrected chi connectivity index (χ4v) is 0.984. The van der Waals surface area contributed by atoms with Gasteiger partial charge in [-0.25, -0.2) is 9.59 Å². The minimum atomic E-state index is -1.18. The maximum absolute atomic E-state index is 10.4. The van der Waals surface area contributed by atoms with Crippen LogP contribution in [0, 0.1) is 0 Å². The monoisotopic (exact) mass is 264 g/mol. The number of aliphatic hydroxyl groups is 1. The Kier molecular flexibility index (Phi) is 6.06. The van der Waals surface area contributed by atoms with E-state index in [0.717, 1.165) is 0 Å². The molecule has 0 spiro atoms. The molecule has 1 saturated heterocycles. The Morgan fingerprint density at radius 1 is 1.44 bits per heavy atom. The van der Waals surface area contributed by atoms with Gasteiger partial charge < -0.3 is 31.1 Å². The summed E-state index contributed by atoms with van der Waals surface area (Å²) in [6.07, 6.45) is -2.22. The van der Waals surface area contributed by atoms with Gasteiger partial charge >= 0.3 is 18.0 Å². The van der Waals surface area contributed by atoms with Crippen molar-refractivity contribution < 1.29 is 34.4 Å². The van der Waals surface area contributed by atoms with E-state index in [4.69, 9.17) is 21.1 Å². The van der Waals surface area contributed by atoms with E-state index in [0.29, 0.717) is 0 Å². The van der Waals surface area contributed by atoms with Gasteiger partial charge in [0.05, 0.1) is 6.10 Å². The number of amides is 1. The number of alkyl carbamates (subject to hydrolysis) is 1. The number of cyclic esters (lactones) is 1. The second-order valence-corrected chi connectivity index (χ2v) is 3.68. The maximum Gasteiger partial charge on any atom is 0.408 e. The number of rotatable bonds is 3. The molecule has 0 unspecified atom stereocenters. The number of carbonyl (C=O) groups excluding carboxylic acids is 1. The zero-order valence-electron chi connectivity index (χ0n) is 9.86. The van der Waals surface area contributed by atoms with Gasteiger partial charge in [0.1, 0.15) is 12.1 Å². The van der Waals surface area contributed by atoms with Gasteiger partial charge in [-0.3, -0.25) is 4.79 Å². The summed E-state index contributed by atoms with van der Waals surface area (Å²) in [7, 11) is 0. The van der Waals surface area contributed by atoms with E-state index >= 15 is 0 Å². The number of hydrogen-bond acceptors (Lipinski definition) is 6. The molecule has 1 fully saturated rings. The van der Waals surface area contributed by atoms with Crippen LogP contribution in [0.15, 0.2) is 0 Å². The van der Waals surface area contributed by atoms with Gasteiger partial charge in [0.15, 0.2) is 6.04 Å². The molecule has 0 saturated carbocycles. The van der Waals surface area contributed by atoms with E-state index in [9.17, 15) is 14.4 Å². The summed E-state index contributed by atoms with van der Waals surface area (Å²) in [6, 6.07) is -2.05. The Hall–Kier alpha value is -1.87. The van der Waals surface area contributed by atoms with Crippen LogP contribution >= 0.6 is 0 Å². The number of carboxylic acid groups (broad SMARTS) is 2. The number of nitrogens with two attached hydrogens (primary N) is 1. The van der Waals surface area contributed by atoms with Crippen molar-refractivity contribution in [3.8, 4) is 0 Å². The van der Waals surface area contributed by atoms with Crippen LogP contribution in [0.1, 0.15) is 13.8 Å². The fourth-order valence-electron chi connectivity index (χ4n) is 0.984. The summed E-state index contributed by atoms with van der Waals surface area (Å²) >= 11 is 0. The smallest absolute Gasteiger partial charge is 0.408 e. The lowest BCUT2D eigenvalue weighted by Crippen LogP contribution is -2.39. The van der Waals surface area contributed by atoms with Gasteiger partial charge in [-0.2, -0.15) is 0 Å². The van der Waals surface area contributed by atoms with Crippen molar-refractivity contribution >= 4 is 18.0 Å². The highest BCUT2D eigenvalue weighted by Gasteiger charge is 2.35. The molecule has 0 aromatic rings. The summed E-state index contributed by atoms with van der Waals surface area (Å²) in [4.78, 5) is 30.5. The number of aliphatic carboxylic acids is 2. The molecule has 0 aliphatic carbocycles. The minimum absolute atomic E-state index is 0.579. The number of carbonyl (C=O) groups is 3. The van der Waals surface area contributed by atoms with E-state index < -0.39 is 42.3 Å². The second-order valence-electron chi connectivity index (χ2n) is 3.68. The first kappa shape index (κ1) is 16.1. The van der Waals surface area contributed by atoms with Crippen LogP contribution < -0.4 is 11.1 Å². The van der Waals surface area contributed by atoms with Crippen molar-refractivity contribution in [2.45, 2.75) is 38.1 Å². The van der Waals surface area contributed by atoms with Crippen molar-refractivity contribution in [1.82, 2.24) is 5.32 Å². The zero-order chi connectivity index (χ0) is 14.5. The fraction of sp³-hybridized carbons (Fsp3) is 0.667. The SMILES string of the molecule is C[C@@H]1OC(=O)N[C@@H]1C(=O)O.C[C@H](O)[C@H](N)C(=O)O. The molecule has 4 atom stereocenters. The molecule has 9 heteroatoms. The molecular formula is C9H16N2O7. The predicted octanol–water partition coefficient (Wildman–Crippen LogP) is -1.65. The summed E-state index contributed by atoms with van der Waals surface area (Å²) in [5.41, 5.74) is 4.91. The number of ether oxygens (including phenoxy) is 1. The summed E-state index contributed by atoms with van der Waals surface area (Å²) in [5.74, 6) is -2.25. The molecule has 6 N–H and O–H groups in total. The van der Waals surface area contributed by atoms with E-state index in [-0.39, 0.29) is 0 Å². The van der Waals surface area contributed by atoms with Crippen LogP contribution in [0.2, 0.25) is 0 Å². The lowest BCUT2D eigenvalue weighted by Gasteiger charge is -2.06. The van der Waals surface area contributed by atoms with Gasteiger partial charge in [-0.1, -0.05) is 0 Å². The van der Waals surface area contributed by atoms with E-state index in [2.05, 4.69) is 10.1 Å². The van der Waals surface area contributed by atoms with Gasteiger partial charge in [-0.05, 0) is 13.8 Å². The van der Waals surface area contributed by atoms with Crippen molar-refractivity contribution in [1.29, 1.82) is 0 Å². The van der Waals surface area contributed by atoms with Gasteiger partial charge in [-0.15, -0.1) is 0 Å². The molecule has 1 aliphatic heterocycles. The molecule has 0 radical (unpaired) electrons. The average Bonchev–Trinajstić information content (AvgIpc) is 2.57. The van der Waals surface area contributed by atoms with Gasteiger partial charge in [0.25, 0.3) is 0 Å². The van der Waals surface area contributed by atoms with Crippen molar-refractivity contribution in [3.63, 3.8) is 0 Å². The normalized spacial score (nSPS) is 25.0. The zero-order valence-corrected chi connectivity index (χ0v) is 9.86. The number of hydrogen-bond donors (Lipinski definition) is 5. The Bertz CT molecular complexity index is 331. The lowest BCUT2D eigenvalue weighted by atomic mass is 10.2. The Morgan fingerprint density at radius 3 is 2.06 bits per heavy atom. The molecule has 0 bridgehead atoms. The number of nitrogens with one attached hydrogen (secondary N) is 1. The van der Waals surface area contributed by atoms with E-state index in [1.807, 2.05) is 0 Å². The highest BCUT2D eigenvalue weighted by atomic mass is 16.6. The molecular weight excluding hydrogens is 248 g/mol. The third-order valence-corrected chi connectivity index (χ3v) is 2.11. The molecule has 1 heterocycles. The molecule has 0 aromatic heterocycles. The Labute approximate surface area is 103 Å². The summed E-state index contributed by atoms with van der Waals surface area (Å²) in [6.45, 7) is 2.86. The molecule has 1 rings (SSSR count). The number of carboxylic acids is 2. The molecule has 1 aliphatic rings. The highest BCUT2D eigenvalue weighted by molar-refractivity contribution is 5.83. The first-order chi connectivity index (χ1) is 8.16. The van der Waals surface area contributed by atoms with Crippen molar-refractivity contribution in [3.05, 3.63) is 0 Å². The predicted molar refractivity (Wildman–Crippen MR) is 57.8 cm³/mol. The quantitative estimate of drug-likeness (QED) is 0.405. The third kappa shape index (κ3) is 4.97. The van der Waals surface area contributed by atoms with Crippen LogP contribution in [0.5, 0.6) is 0 Å². The van der Waals surface area contributed by atoms with Gasteiger partial charge in [0.2, 0.25) is 0 Å².